The molecule has 0 saturated heterocycles. The van der Waals surface area contributed by atoms with Crippen molar-refractivity contribution in [2.45, 2.75) is 19.8 Å². The standard InChI is InChI=1S/C14H15NO2/c1-10-9-11(7-8-14(16)17-2)15-13-6-4-3-5-12(10)13/h3-6,9H,7-8H2,1-2H3. The minimum atomic E-state index is -0.197. The smallest absolute Gasteiger partial charge is 0.305 e. The maximum atomic E-state index is 11.1. The van der Waals surface area contributed by atoms with E-state index in [1.807, 2.05) is 24.3 Å². The van der Waals surface area contributed by atoms with E-state index in [-0.39, 0.29) is 5.97 Å². The van der Waals surface area contributed by atoms with Crippen molar-refractivity contribution in [3.8, 4) is 0 Å². The molecule has 2 rings (SSSR count). The molecule has 2 aromatic rings. The van der Waals surface area contributed by atoms with Gasteiger partial charge in [-0.2, -0.15) is 0 Å². The van der Waals surface area contributed by atoms with Gasteiger partial charge in [0, 0.05) is 17.5 Å². The number of para-hydroxylation sites is 1. The van der Waals surface area contributed by atoms with Crippen molar-refractivity contribution in [1.82, 2.24) is 4.98 Å². The summed E-state index contributed by atoms with van der Waals surface area (Å²) in [5.41, 5.74) is 3.11. The molecule has 0 aliphatic rings. The lowest BCUT2D eigenvalue weighted by Crippen LogP contribution is -2.03. The molecule has 1 aromatic carbocycles. The summed E-state index contributed by atoms with van der Waals surface area (Å²) in [7, 11) is 1.40. The number of hydrogen-bond donors (Lipinski definition) is 0. The van der Waals surface area contributed by atoms with Gasteiger partial charge < -0.3 is 4.74 Å². The minimum Gasteiger partial charge on any atom is -0.469 e. The van der Waals surface area contributed by atoms with Crippen molar-refractivity contribution < 1.29 is 9.53 Å². The Bertz CT molecular complexity index is 549. The van der Waals surface area contributed by atoms with Gasteiger partial charge in [-0.15, -0.1) is 0 Å². The van der Waals surface area contributed by atoms with Gasteiger partial charge in [0.2, 0.25) is 0 Å². The van der Waals surface area contributed by atoms with E-state index in [4.69, 9.17) is 0 Å². The fraction of sp³-hybridized carbons (Fsp3) is 0.286. The number of pyridine rings is 1. The van der Waals surface area contributed by atoms with E-state index in [2.05, 4.69) is 22.7 Å². The first-order chi connectivity index (χ1) is 8.20. The van der Waals surface area contributed by atoms with Crippen LogP contribution in [0, 0.1) is 6.92 Å². The van der Waals surface area contributed by atoms with Gasteiger partial charge in [0.1, 0.15) is 0 Å². The Morgan fingerprint density at radius 1 is 1.35 bits per heavy atom. The predicted octanol–water partition coefficient (Wildman–Crippen LogP) is 2.65. The highest BCUT2D eigenvalue weighted by Crippen LogP contribution is 2.17. The fourth-order valence-corrected chi connectivity index (χ4v) is 1.88. The number of nitrogens with zero attached hydrogens (tertiary/aromatic N) is 1. The van der Waals surface area contributed by atoms with E-state index >= 15 is 0 Å². The first kappa shape index (κ1) is 11.6. The summed E-state index contributed by atoms with van der Waals surface area (Å²) in [5.74, 6) is -0.197. The molecule has 0 unspecified atom stereocenters. The SMILES string of the molecule is COC(=O)CCc1cc(C)c2ccccc2n1. The van der Waals surface area contributed by atoms with Crippen LogP contribution in [-0.4, -0.2) is 18.1 Å². The number of carbonyl (C=O) groups is 1. The summed E-state index contributed by atoms with van der Waals surface area (Å²) in [6.45, 7) is 2.06. The van der Waals surface area contributed by atoms with Crippen LogP contribution >= 0.6 is 0 Å². The quantitative estimate of drug-likeness (QED) is 0.759. The highest BCUT2D eigenvalue weighted by atomic mass is 16.5. The number of carbonyl (C=O) groups excluding carboxylic acids is 1. The Kier molecular flexibility index (Phi) is 3.38. The van der Waals surface area contributed by atoms with E-state index in [1.165, 1.54) is 12.7 Å². The molecule has 0 saturated carbocycles. The van der Waals surface area contributed by atoms with Crippen LogP contribution < -0.4 is 0 Å². The van der Waals surface area contributed by atoms with Crippen LogP contribution in [0.25, 0.3) is 10.9 Å². The number of ether oxygens (including phenoxy) is 1. The lowest BCUT2D eigenvalue weighted by atomic mass is 10.1. The lowest BCUT2D eigenvalue weighted by molar-refractivity contribution is -0.140. The zero-order valence-corrected chi connectivity index (χ0v) is 10.1. The second-order valence-electron chi connectivity index (χ2n) is 4.02. The minimum absolute atomic E-state index is 0.197. The molecule has 3 heteroatoms. The Labute approximate surface area is 100 Å². The summed E-state index contributed by atoms with van der Waals surface area (Å²) in [5, 5.41) is 1.16. The highest BCUT2D eigenvalue weighted by molar-refractivity contribution is 5.82. The number of esters is 1. The molecule has 0 atom stereocenters. The van der Waals surface area contributed by atoms with E-state index in [0.29, 0.717) is 12.8 Å². The van der Waals surface area contributed by atoms with Gasteiger partial charge in [-0.25, -0.2) is 0 Å². The average Bonchev–Trinajstić information content (AvgIpc) is 2.36. The Hall–Kier alpha value is -1.90. The zero-order chi connectivity index (χ0) is 12.3. The topological polar surface area (TPSA) is 39.2 Å². The molecule has 88 valence electrons. The van der Waals surface area contributed by atoms with Crippen molar-refractivity contribution in [3.63, 3.8) is 0 Å². The van der Waals surface area contributed by atoms with E-state index in [1.54, 1.807) is 0 Å². The van der Waals surface area contributed by atoms with Gasteiger partial charge in [-0.05, 0) is 24.6 Å². The van der Waals surface area contributed by atoms with Crippen molar-refractivity contribution in [2.75, 3.05) is 7.11 Å². The summed E-state index contributed by atoms with van der Waals surface area (Å²) in [6, 6.07) is 10.1. The molecule has 1 aromatic heterocycles. The fourth-order valence-electron chi connectivity index (χ4n) is 1.88. The molecule has 1 heterocycles. The van der Waals surface area contributed by atoms with Crippen LogP contribution in [0.2, 0.25) is 0 Å². The maximum Gasteiger partial charge on any atom is 0.305 e. The van der Waals surface area contributed by atoms with Gasteiger partial charge in [0.05, 0.1) is 19.0 Å². The number of aromatic nitrogens is 1. The number of rotatable bonds is 3. The van der Waals surface area contributed by atoms with Gasteiger partial charge >= 0.3 is 5.97 Å². The van der Waals surface area contributed by atoms with Gasteiger partial charge in [-0.1, -0.05) is 18.2 Å². The maximum absolute atomic E-state index is 11.1. The highest BCUT2D eigenvalue weighted by Gasteiger charge is 2.05. The second kappa shape index (κ2) is 4.95. The molecule has 17 heavy (non-hydrogen) atoms. The normalized spacial score (nSPS) is 10.5. The van der Waals surface area contributed by atoms with Crippen molar-refractivity contribution >= 4 is 16.9 Å². The van der Waals surface area contributed by atoms with Crippen molar-refractivity contribution in [1.29, 1.82) is 0 Å². The molecular formula is C14H15NO2. The van der Waals surface area contributed by atoms with E-state index < -0.39 is 0 Å². The molecular weight excluding hydrogens is 214 g/mol. The first-order valence-electron chi connectivity index (χ1n) is 5.63. The Morgan fingerprint density at radius 2 is 2.12 bits per heavy atom. The third-order valence-electron chi connectivity index (χ3n) is 2.79. The van der Waals surface area contributed by atoms with Crippen LogP contribution in [-0.2, 0) is 16.0 Å². The third-order valence-corrected chi connectivity index (χ3v) is 2.79. The first-order valence-corrected chi connectivity index (χ1v) is 5.63. The van der Waals surface area contributed by atoms with Crippen LogP contribution in [0.4, 0.5) is 0 Å². The molecule has 0 bridgehead atoms. The molecule has 0 N–H and O–H groups in total. The predicted molar refractivity (Wildman–Crippen MR) is 66.8 cm³/mol. The zero-order valence-electron chi connectivity index (χ0n) is 10.1. The molecule has 0 radical (unpaired) electrons. The monoisotopic (exact) mass is 229 g/mol. The molecule has 3 nitrogen and oxygen atoms in total. The lowest BCUT2D eigenvalue weighted by Gasteiger charge is -2.05. The van der Waals surface area contributed by atoms with E-state index in [9.17, 15) is 4.79 Å². The van der Waals surface area contributed by atoms with Crippen LogP contribution in [0.15, 0.2) is 30.3 Å². The van der Waals surface area contributed by atoms with Crippen molar-refractivity contribution in [3.05, 3.63) is 41.6 Å². The number of hydrogen-bond acceptors (Lipinski definition) is 3. The van der Waals surface area contributed by atoms with Crippen LogP contribution in [0.5, 0.6) is 0 Å². The average molecular weight is 229 g/mol. The number of benzene rings is 1. The number of methoxy groups -OCH3 is 1. The summed E-state index contributed by atoms with van der Waals surface area (Å²) >= 11 is 0. The molecule has 0 aliphatic heterocycles. The van der Waals surface area contributed by atoms with Crippen LogP contribution in [0.1, 0.15) is 17.7 Å². The molecule has 0 aliphatic carbocycles. The summed E-state index contributed by atoms with van der Waals surface area (Å²) in [4.78, 5) is 15.6. The molecule has 0 fully saturated rings. The van der Waals surface area contributed by atoms with E-state index in [0.717, 1.165) is 16.6 Å². The number of fused-ring (bicyclic) bond motifs is 1. The Balaban J connectivity index is 2.27. The van der Waals surface area contributed by atoms with Gasteiger partial charge in [-0.3, -0.25) is 9.78 Å². The van der Waals surface area contributed by atoms with Crippen LogP contribution in [0.3, 0.4) is 0 Å². The molecule has 0 spiro atoms. The summed E-state index contributed by atoms with van der Waals surface area (Å²) < 4.78 is 4.62. The second-order valence-corrected chi connectivity index (χ2v) is 4.02. The number of aryl methyl sites for hydroxylation is 2. The van der Waals surface area contributed by atoms with Gasteiger partial charge in [0.15, 0.2) is 0 Å². The van der Waals surface area contributed by atoms with Gasteiger partial charge in [0.25, 0.3) is 0 Å². The third kappa shape index (κ3) is 2.61. The Morgan fingerprint density at radius 3 is 2.88 bits per heavy atom. The summed E-state index contributed by atoms with van der Waals surface area (Å²) in [6.07, 6.45) is 1.000. The molecule has 0 amide bonds. The van der Waals surface area contributed by atoms with Crippen molar-refractivity contribution in [2.24, 2.45) is 0 Å². The largest absolute Gasteiger partial charge is 0.469 e.